The number of hydrogen-bond donors (Lipinski definition) is 0. The maximum absolute atomic E-state index is 13.0. The van der Waals surface area contributed by atoms with Crippen molar-refractivity contribution in [1.29, 1.82) is 0 Å². The van der Waals surface area contributed by atoms with Crippen LogP contribution in [-0.4, -0.2) is 82.3 Å². The Kier molecular flexibility index (Phi) is 75.9. The third kappa shape index (κ3) is 80.9. The van der Waals surface area contributed by atoms with Crippen LogP contribution in [0.3, 0.4) is 0 Å². The zero-order valence-electron chi connectivity index (χ0n) is 65.3. The Labute approximate surface area is 612 Å². The van der Waals surface area contributed by atoms with Crippen molar-refractivity contribution < 1.29 is 42.9 Å². The van der Waals surface area contributed by atoms with Gasteiger partial charge < -0.3 is 33.3 Å². The minimum atomic E-state index is -1.63. The van der Waals surface area contributed by atoms with Crippen LogP contribution in [0, 0.1) is 0 Å². The molecule has 0 N–H and O–H groups in total. The van der Waals surface area contributed by atoms with Crippen LogP contribution in [0.2, 0.25) is 0 Å². The topological polar surface area (TPSA) is 111 Å². The summed E-state index contributed by atoms with van der Waals surface area (Å²) in [5.74, 6) is -2.28. The number of likely N-dealkylation sites (N-methyl/N-ethyl adjacent to an activating group) is 1. The van der Waals surface area contributed by atoms with Crippen LogP contribution >= 0.6 is 0 Å². The van der Waals surface area contributed by atoms with Gasteiger partial charge in [-0.25, -0.2) is 0 Å². The summed E-state index contributed by atoms with van der Waals surface area (Å²) in [4.78, 5) is 37.6. The number of quaternary nitrogens is 1. The van der Waals surface area contributed by atoms with Gasteiger partial charge in [0, 0.05) is 12.8 Å². The second-order valence-electron chi connectivity index (χ2n) is 29.0. The normalized spacial score (nSPS) is 13.3. The van der Waals surface area contributed by atoms with Crippen LogP contribution in [0.15, 0.2) is 122 Å². The lowest BCUT2D eigenvalue weighted by atomic mass is 10.0. The highest BCUT2D eigenvalue weighted by atomic mass is 16.7. The molecule has 2 unspecified atom stereocenters. The molecule has 0 aliphatic carbocycles. The number of aliphatic carboxylic acids is 1. The quantitative estimate of drug-likeness (QED) is 0.0195. The fourth-order valence-electron chi connectivity index (χ4n) is 11.9. The summed E-state index contributed by atoms with van der Waals surface area (Å²) in [6, 6.07) is 0. The number of esters is 2. The van der Waals surface area contributed by atoms with Crippen LogP contribution in [0.5, 0.6) is 0 Å². The van der Waals surface area contributed by atoms with Crippen molar-refractivity contribution in [3.63, 3.8) is 0 Å². The molecule has 0 aromatic carbocycles. The zero-order valence-corrected chi connectivity index (χ0v) is 65.3. The molecule has 9 nitrogen and oxygen atoms in total. The van der Waals surface area contributed by atoms with Crippen molar-refractivity contribution in [2.45, 2.75) is 386 Å². The number of allylic oxidation sites excluding steroid dienone is 20. The van der Waals surface area contributed by atoms with Crippen LogP contribution in [0.25, 0.3) is 0 Å². The lowest BCUT2D eigenvalue weighted by molar-refractivity contribution is -0.870. The van der Waals surface area contributed by atoms with Gasteiger partial charge in [0.1, 0.15) is 13.2 Å². The molecule has 0 spiro atoms. The van der Waals surface area contributed by atoms with E-state index in [1.807, 2.05) is 21.1 Å². The summed E-state index contributed by atoms with van der Waals surface area (Å²) in [5, 5.41) is 11.9. The molecule has 0 amide bonds. The molecule has 0 aliphatic rings. The lowest BCUT2D eigenvalue weighted by Crippen LogP contribution is -2.44. The van der Waals surface area contributed by atoms with E-state index in [9.17, 15) is 19.5 Å². The molecule has 570 valence electrons. The molecule has 0 aliphatic heterocycles. The molecule has 2 atom stereocenters. The van der Waals surface area contributed by atoms with E-state index in [1.54, 1.807) is 0 Å². The summed E-state index contributed by atoms with van der Waals surface area (Å²) in [6.07, 6.45) is 110. The van der Waals surface area contributed by atoms with Crippen molar-refractivity contribution in [1.82, 2.24) is 0 Å². The van der Waals surface area contributed by atoms with Crippen LogP contribution in [0.1, 0.15) is 373 Å². The van der Waals surface area contributed by atoms with Crippen molar-refractivity contribution >= 4 is 17.9 Å². The molecule has 0 fully saturated rings. The number of hydrogen-bond acceptors (Lipinski definition) is 8. The Morgan fingerprint density at radius 2 is 0.576 bits per heavy atom. The van der Waals surface area contributed by atoms with Gasteiger partial charge in [-0.15, -0.1) is 0 Å². The van der Waals surface area contributed by atoms with Gasteiger partial charge in [0.15, 0.2) is 12.4 Å². The molecule has 0 heterocycles. The minimum absolute atomic E-state index is 0.144. The number of carbonyl (C=O) groups excluding carboxylic acids is 3. The third-order valence-corrected chi connectivity index (χ3v) is 18.2. The number of carbonyl (C=O) groups is 3. The van der Waals surface area contributed by atoms with Gasteiger partial charge in [0.25, 0.3) is 0 Å². The maximum Gasteiger partial charge on any atom is 0.306 e. The Bertz CT molecular complexity index is 2050. The Morgan fingerprint density at radius 3 is 0.859 bits per heavy atom. The average molecular weight is 1380 g/mol. The number of nitrogens with zero attached hydrogens (tertiary/aromatic N) is 1. The Morgan fingerprint density at radius 1 is 0.313 bits per heavy atom. The van der Waals surface area contributed by atoms with Crippen LogP contribution in [0.4, 0.5) is 0 Å². The smallest absolute Gasteiger partial charge is 0.306 e. The zero-order chi connectivity index (χ0) is 71.8. The monoisotopic (exact) mass is 1380 g/mol. The Balaban J connectivity index is 4.05. The summed E-state index contributed by atoms with van der Waals surface area (Å²) < 4.78 is 22.9. The Hall–Kier alpha value is -4.31. The van der Waals surface area contributed by atoms with Gasteiger partial charge >= 0.3 is 11.9 Å². The van der Waals surface area contributed by atoms with E-state index in [0.717, 1.165) is 109 Å². The first-order valence-corrected chi connectivity index (χ1v) is 41.7. The van der Waals surface area contributed by atoms with E-state index in [0.29, 0.717) is 23.9 Å². The number of carboxylic acids is 1. The summed E-state index contributed by atoms with van der Waals surface area (Å²) in [7, 11) is 5.94. The van der Waals surface area contributed by atoms with Gasteiger partial charge in [0.05, 0.1) is 40.3 Å². The molecule has 9 heteroatoms. The first kappa shape index (κ1) is 94.7. The molecule has 0 saturated heterocycles. The molecule has 0 aromatic heterocycles. The number of rotatable bonds is 77. The highest BCUT2D eigenvalue weighted by Crippen LogP contribution is 2.19. The molecule has 0 bridgehead atoms. The maximum atomic E-state index is 13.0. The van der Waals surface area contributed by atoms with Gasteiger partial charge in [-0.1, -0.05) is 392 Å². The minimum Gasteiger partial charge on any atom is -0.545 e. The van der Waals surface area contributed by atoms with E-state index in [1.165, 1.54) is 231 Å². The fourth-order valence-corrected chi connectivity index (χ4v) is 11.9. The van der Waals surface area contributed by atoms with Gasteiger partial charge in [-0.05, 0) is 89.9 Å². The first-order chi connectivity index (χ1) is 48.6. The summed E-state index contributed by atoms with van der Waals surface area (Å²) in [6.45, 7) is 4.68. The number of carboxylic acid groups (broad SMARTS) is 1. The molecule has 0 aromatic rings. The fraction of sp³-hybridized carbons (Fsp3) is 0.744. The van der Waals surface area contributed by atoms with E-state index < -0.39 is 24.3 Å². The predicted molar refractivity (Wildman–Crippen MR) is 426 cm³/mol. The van der Waals surface area contributed by atoms with Crippen LogP contribution < -0.4 is 5.11 Å². The van der Waals surface area contributed by atoms with Crippen molar-refractivity contribution in [3.8, 4) is 0 Å². The molecule has 0 radical (unpaired) electrons. The van der Waals surface area contributed by atoms with Gasteiger partial charge in [-0.2, -0.15) is 0 Å². The molecule has 99 heavy (non-hydrogen) atoms. The highest BCUT2D eigenvalue weighted by Gasteiger charge is 2.22. The lowest BCUT2D eigenvalue weighted by Gasteiger charge is -2.26. The second-order valence-corrected chi connectivity index (χ2v) is 29.0. The standard InChI is InChI=1S/C90H157NO8/c1-6-8-10-12-14-16-18-20-22-24-26-28-30-32-34-36-38-40-41-42-43-44-45-46-47-49-51-53-55-57-59-61-63-65-67-69-71-73-75-77-79-81-88(93)99-86(85-98-90(89(94)95)96-83-82-91(3,4)5)84-97-87(92)80-78-76-74-72-70-68-66-64-62-60-58-56-54-52-50-48-39-37-35-33-31-29-27-25-23-21-19-17-15-13-11-9-7-2/h8,10,14,16,20,22,26,28,32,34,38,40,42-43,45-46,49,51,55,57,86,90H,6-7,9,11-13,15,17-19,21,23-25,27,29-31,33,35-37,39,41,44,47-48,50,52-54,56,58-85H2,1-5H3/b10-8-,16-14-,22-20-,28-26-,34-32-,40-38-,43-42-,46-45-,51-49-,57-55-. The van der Waals surface area contributed by atoms with E-state index in [2.05, 4.69) is 135 Å². The molecule has 0 rings (SSSR count). The summed E-state index contributed by atoms with van der Waals surface area (Å²) >= 11 is 0. The van der Waals surface area contributed by atoms with Crippen molar-refractivity contribution in [3.05, 3.63) is 122 Å². The molecular formula is C90H157NO8. The van der Waals surface area contributed by atoms with Gasteiger partial charge in [0.2, 0.25) is 0 Å². The number of ether oxygens (including phenoxy) is 4. The molecular weight excluding hydrogens is 1220 g/mol. The molecule has 0 saturated carbocycles. The second kappa shape index (κ2) is 79.4. The highest BCUT2D eigenvalue weighted by molar-refractivity contribution is 5.70. The third-order valence-electron chi connectivity index (χ3n) is 18.2. The summed E-state index contributed by atoms with van der Waals surface area (Å²) in [5.41, 5.74) is 0. The number of unbranched alkanes of at least 4 members (excludes halogenated alkanes) is 42. The van der Waals surface area contributed by atoms with E-state index in [-0.39, 0.29) is 32.2 Å². The van der Waals surface area contributed by atoms with E-state index in [4.69, 9.17) is 18.9 Å². The largest absolute Gasteiger partial charge is 0.545 e. The van der Waals surface area contributed by atoms with Crippen molar-refractivity contribution in [2.75, 3.05) is 47.5 Å². The van der Waals surface area contributed by atoms with E-state index >= 15 is 0 Å². The predicted octanol–water partition coefficient (Wildman–Crippen LogP) is 25.7. The van der Waals surface area contributed by atoms with Crippen molar-refractivity contribution in [2.24, 2.45) is 0 Å². The first-order valence-electron chi connectivity index (χ1n) is 41.7. The van der Waals surface area contributed by atoms with Crippen LogP contribution in [-0.2, 0) is 33.3 Å². The average Bonchev–Trinajstić information content (AvgIpc) is 2.62. The van der Waals surface area contributed by atoms with Gasteiger partial charge in [-0.3, -0.25) is 9.59 Å². The SMILES string of the molecule is CC/C=C\C/C=C\C/C=C\C/C=C\C/C=C\C/C=C\C/C=C\C/C=C\C/C=C\C/C=C\CCCCCCCCCCCCC(=O)OC(COC(=O)CCCCCCCCCCCCCCCCCCCCCCCCCCCCCCCCCCC)COC(OCC[N+](C)(C)C)C(=O)[O-].